The van der Waals surface area contributed by atoms with Gasteiger partial charge in [0.05, 0.1) is 24.0 Å². The van der Waals surface area contributed by atoms with Gasteiger partial charge >= 0.3 is 0 Å². The van der Waals surface area contributed by atoms with Crippen molar-refractivity contribution in [1.82, 2.24) is 24.7 Å². The molecule has 1 aromatic carbocycles. The highest BCUT2D eigenvalue weighted by Crippen LogP contribution is 2.26. The molecule has 0 saturated carbocycles. The van der Waals surface area contributed by atoms with E-state index in [-0.39, 0.29) is 12.6 Å². The van der Waals surface area contributed by atoms with Gasteiger partial charge in [-0.05, 0) is 43.5 Å². The van der Waals surface area contributed by atoms with E-state index in [2.05, 4.69) is 25.2 Å². The molecule has 0 spiro atoms. The van der Waals surface area contributed by atoms with Gasteiger partial charge in [0.25, 0.3) is 0 Å². The fourth-order valence-electron chi connectivity index (χ4n) is 4.28. The van der Waals surface area contributed by atoms with Gasteiger partial charge < -0.3 is 15.3 Å². The van der Waals surface area contributed by atoms with Crippen molar-refractivity contribution in [3.8, 4) is 16.9 Å². The molecule has 1 saturated heterocycles. The zero-order valence-electron chi connectivity index (χ0n) is 18.4. The maximum atomic E-state index is 9.76. The van der Waals surface area contributed by atoms with Crippen LogP contribution >= 0.6 is 0 Å². The summed E-state index contributed by atoms with van der Waals surface area (Å²) in [6.07, 6.45) is 10.4. The number of anilines is 2. The van der Waals surface area contributed by atoms with Crippen LogP contribution in [0.3, 0.4) is 0 Å². The average Bonchev–Trinajstić information content (AvgIpc) is 3.33. The van der Waals surface area contributed by atoms with Crippen molar-refractivity contribution in [1.29, 1.82) is 0 Å². The highest BCUT2D eigenvalue weighted by atomic mass is 16.3. The summed E-state index contributed by atoms with van der Waals surface area (Å²) in [4.78, 5) is 15.2. The lowest BCUT2D eigenvalue weighted by atomic mass is 10.0. The summed E-state index contributed by atoms with van der Waals surface area (Å²) in [5.41, 5.74) is 3.97. The van der Waals surface area contributed by atoms with Gasteiger partial charge in [-0.15, -0.1) is 0 Å². The van der Waals surface area contributed by atoms with Crippen LogP contribution in [0.4, 0.5) is 11.6 Å². The van der Waals surface area contributed by atoms with Crippen LogP contribution < -0.4 is 10.2 Å². The van der Waals surface area contributed by atoms with Crippen molar-refractivity contribution < 1.29 is 5.11 Å². The normalized spacial score (nSPS) is 16.0. The van der Waals surface area contributed by atoms with Crippen LogP contribution in [0.15, 0.2) is 73.4 Å². The first-order valence-corrected chi connectivity index (χ1v) is 11.3. The number of pyridine rings is 1. The molecule has 1 fully saturated rings. The van der Waals surface area contributed by atoms with E-state index in [4.69, 9.17) is 5.10 Å². The van der Waals surface area contributed by atoms with Crippen molar-refractivity contribution in [3.63, 3.8) is 0 Å². The molecule has 0 amide bonds. The van der Waals surface area contributed by atoms with E-state index in [1.54, 1.807) is 18.7 Å². The monoisotopic (exact) mass is 441 g/mol. The molecule has 3 aromatic heterocycles. The van der Waals surface area contributed by atoms with Gasteiger partial charge in [0.2, 0.25) is 0 Å². The maximum Gasteiger partial charge on any atom is 0.134 e. The third-order valence-corrected chi connectivity index (χ3v) is 6.01. The zero-order chi connectivity index (χ0) is 22.5. The molecule has 2 N–H and O–H groups in total. The number of hydrogen-bond acceptors (Lipinski definition) is 7. The number of para-hydroxylation sites is 1. The van der Waals surface area contributed by atoms with Gasteiger partial charge in [0.15, 0.2) is 0 Å². The first kappa shape index (κ1) is 21.1. The van der Waals surface area contributed by atoms with E-state index in [1.807, 2.05) is 59.4 Å². The number of aromatic nitrogens is 5. The number of nitrogens with zero attached hydrogens (tertiary/aromatic N) is 6. The van der Waals surface area contributed by atoms with Crippen LogP contribution in [0.25, 0.3) is 16.9 Å². The van der Waals surface area contributed by atoms with Gasteiger partial charge in [-0.1, -0.05) is 18.2 Å². The third-order valence-electron chi connectivity index (χ3n) is 6.01. The number of rotatable bonds is 7. The van der Waals surface area contributed by atoms with Gasteiger partial charge in [-0.2, -0.15) is 5.10 Å². The molecule has 0 aliphatic carbocycles. The van der Waals surface area contributed by atoms with Crippen LogP contribution in [0, 0.1) is 0 Å². The second kappa shape index (κ2) is 9.79. The van der Waals surface area contributed by atoms with Crippen molar-refractivity contribution in [2.45, 2.75) is 31.8 Å². The van der Waals surface area contributed by atoms with Gasteiger partial charge in [-0.25, -0.2) is 14.6 Å². The highest BCUT2D eigenvalue weighted by molar-refractivity contribution is 5.63. The van der Waals surface area contributed by atoms with E-state index >= 15 is 0 Å². The molecule has 8 nitrogen and oxygen atoms in total. The highest BCUT2D eigenvalue weighted by Gasteiger charge is 2.23. The molecule has 33 heavy (non-hydrogen) atoms. The van der Waals surface area contributed by atoms with E-state index in [9.17, 15) is 5.11 Å². The van der Waals surface area contributed by atoms with Gasteiger partial charge in [0, 0.05) is 48.9 Å². The van der Waals surface area contributed by atoms with Crippen LogP contribution in [0.5, 0.6) is 0 Å². The molecule has 1 atom stereocenters. The van der Waals surface area contributed by atoms with Crippen molar-refractivity contribution in [3.05, 3.63) is 79.0 Å². The Morgan fingerprint density at radius 3 is 2.70 bits per heavy atom. The van der Waals surface area contributed by atoms with Gasteiger partial charge in [-0.3, -0.25) is 4.98 Å². The minimum Gasteiger partial charge on any atom is -0.394 e. The molecule has 4 heterocycles. The molecule has 4 aromatic rings. The fourth-order valence-corrected chi connectivity index (χ4v) is 4.28. The number of aliphatic hydroxyl groups is 1. The lowest BCUT2D eigenvalue weighted by molar-refractivity contribution is 0.239. The molecule has 8 heteroatoms. The smallest absolute Gasteiger partial charge is 0.134 e. The minimum absolute atomic E-state index is 0.115. The van der Waals surface area contributed by atoms with E-state index < -0.39 is 0 Å². The Balaban J connectivity index is 1.40. The Labute approximate surface area is 193 Å². The summed E-state index contributed by atoms with van der Waals surface area (Å²) < 4.78 is 1.90. The van der Waals surface area contributed by atoms with Crippen molar-refractivity contribution >= 4 is 11.6 Å². The van der Waals surface area contributed by atoms with Crippen LogP contribution in [-0.2, 0) is 6.54 Å². The first-order valence-electron chi connectivity index (χ1n) is 11.3. The Kier molecular flexibility index (Phi) is 6.25. The predicted octanol–water partition coefficient (Wildman–Crippen LogP) is 3.69. The number of piperidine rings is 1. The van der Waals surface area contributed by atoms with Crippen molar-refractivity contribution in [2.75, 3.05) is 23.4 Å². The SMILES string of the molecule is OCC1CCCCN1c1cc(NCc2cn(-c3ccccc3)nc2-c2ccncc2)ncn1. The molecule has 5 rings (SSSR count). The summed E-state index contributed by atoms with van der Waals surface area (Å²) in [5, 5.41) is 18.1. The molecule has 1 aliphatic rings. The number of nitrogens with one attached hydrogen (secondary N) is 1. The van der Waals surface area contributed by atoms with Crippen LogP contribution in [0.1, 0.15) is 24.8 Å². The summed E-state index contributed by atoms with van der Waals surface area (Å²) in [6.45, 7) is 1.60. The average molecular weight is 442 g/mol. The molecule has 1 aliphatic heterocycles. The largest absolute Gasteiger partial charge is 0.394 e. The number of hydrogen-bond donors (Lipinski definition) is 2. The summed E-state index contributed by atoms with van der Waals surface area (Å²) in [7, 11) is 0. The predicted molar refractivity (Wildman–Crippen MR) is 128 cm³/mol. The quantitative estimate of drug-likeness (QED) is 0.452. The lowest BCUT2D eigenvalue weighted by Crippen LogP contribution is -2.42. The Morgan fingerprint density at radius 1 is 1.03 bits per heavy atom. The fraction of sp³-hybridized carbons (Fsp3) is 0.280. The summed E-state index contributed by atoms with van der Waals surface area (Å²) >= 11 is 0. The molecule has 0 bridgehead atoms. The van der Waals surface area contributed by atoms with E-state index in [0.29, 0.717) is 6.54 Å². The Bertz CT molecular complexity index is 1180. The van der Waals surface area contributed by atoms with E-state index in [0.717, 1.165) is 60.0 Å². The zero-order valence-corrected chi connectivity index (χ0v) is 18.4. The summed E-state index contributed by atoms with van der Waals surface area (Å²) in [5.74, 6) is 1.59. The first-order chi connectivity index (χ1) is 16.3. The number of aliphatic hydroxyl groups excluding tert-OH is 1. The second-order valence-electron chi connectivity index (χ2n) is 8.16. The Morgan fingerprint density at radius 2 is 1.88 bits per heavy atom. The topological polar surface area (TPSA) is 92.0 Å². The van der Waals surface area contributed by atoms with Crippen molar-refractivity contribution in [2.24, 2.45) is 0 Å². The third kappa shape index (κ3) is 4.70. The molecule has 168 valence electrons. The standard InChI is InChI=1S/C25H27N7O/c33-17-22-8-4-5-13-31(22)24-14-23(28-18-29-24)27-15-20-16-32(21-6-2-1-3-7-21)30-25(20)19-9-11-26-12-10-19/h1-3,6-7,9-12,14,16,18,22,33H,4-5,8,13,15,17H2,(H,27,28,29). The maximum absolute atomic E-state index is 9.76. The molecular formula is C25H27N7O. The lowest BCUT2D eigenvalue weighted by Gasteiger charge is -2.35. The summed E-state index contributed by atoms with van der Waals surface area (Å²) in [6, 6.07) is 16.1. The molecule has 0 radical (unpaired) electrons. The van der Waals surface area contributed by atoms with E-state index in [1.165, 1.54) is 0 Å². The second-order valence-corrected chi connectivity index (χ2v) is 8.16. The molecule has 1 unspecified atom stereocenters. The minimum atomic E-state index is 0.115. The number of benzene rings is 1. The van der Waals surface area contributed by atoms with Crippen LogP contribution in [0.2, 0.25) is 0 Å². The Hall–Kier alpha value is -3.78. The molecular weight excluding hydrogens is 414 g/mol. The van der Waals surface area contributed by atoms with Gasteiger partial charge in [0.1, 0.15) is 18.0 Å². The van der Waals surface area contributed by atoms with Crippen LogP contribution in [-0.4, -0.2) is 49.0 Å².